The second-order valence-corrected chi connectivity index (χ2v) is 15.4. The number of carbonyl (C=O) groups excluding carboxylic acids is 3. The van der Waals surface area contributed by atoms with Gasteiger partial charge in [-0.3, -0.25) is 9.59 Å². The molecule has 41 heavy (non-hydrogen) atoms. The van der Waals surface area contributed by atoms with Gasteiger partial charge in [0, 0.05) is 30.1 Å². The van der Waals surface area contributed by atoms with Gasteiger partial charge in [0.25, 0.3) is 0 Å². The van der Waals surface area contributed by atoms with E-state index in [1.54, 1.807) is 0 Å². The van der Waals surface area contributed by atoms with Gasteiger partial charge in [0.15, 0.2) is 11.4 Å². The molecule has 2 aliphatic heterocycles. The molecule has 9 nitrogen and oxygen atoms in total. The van der Waals surface area contributed by atoms with Gasteiger partial charge in [0.1, 0.15) is 24.1 Å². The van der Waals surface area contributed by atoms with E-state index in [1.165, 1.54) is 13.8 Å². The number of Topliss-reactive ketones (excluding diaryl/α,β-unsaturated/α-hetero) is 1. The molecule has 9 heteroatoms. The zero-order valence-electron chi connectivity index (χ0n) is 25.2. The van der Waals surface area contributed by atoms with Crippen molar-refractivity contribution < 1.29 is 43.9 Å². The molecule has 226 valence electrons. The van der Waals surface area contributed by atoms with Crippen LogP contribution in [0.1, 0.15) is 61.8 Å². The van der Waals surface area contributed by atoms with Crippen molar-refractivity contribution in [1.29, 1.82) is 0 Å². The van der Waals surface area contributed by atoms with E-state index in [9.17, 15) is 29.7 Å². The molecule has 7 rings (SSSR count). The van der Waals surface area contributed by atoms with Crippen LogP contribution in [-0.4, -0.2) is 69.2 Å². The van der Waals surface area contributed by atoms with Gasteiger partial charge in [-0.25, -0.2) is 4.79 Å². The van der Waals surface area contributed by atoms with Crippen LogP contribution in [-0.2, 0) is 28.6 Å². The molecule has 18 atom stereocenters. The SMILES string of the molecule is CC(=O)O[C@H]1[C@H]2O[C@H]2C[C@@H]2C(=O)[C@H](O)[C@@H]3C(C(C)[C@H](C)[C@]4(C)[C@@H]5[C@@H]([C@H](O)[C@@H]34)[C@]3(C)C(=C[C@H]5C)OC(=O)[C@@]3(C)O)[C@]21C. The zero-order valence-corrected chi connectivity index (χ0v) is 25.2. The lowest BCUT2D eigenvalue weighted by Crippen LogP contribution is -2.70. The van der Waals surface area contributed by atoms with Crippen LogP contribution in [0.2, 0.25) is 0 Å². The summed E-state index contributed by atoms with van der Waals surface area (Å²) in [6.45, 7) is 15.3. The average molecular weight is 573 g/mol. The molecule has 0 aromatic rings. The fourth-order valence-electron chi connectivity index (χ4n) is 12.1. The van der Waals surface area contributed by atoms with Gasteiger partial charge in [-0.1, -0.05) is 34.6 Å². The van der Waals surface area contributed by atoms with E-state index in [-0.39, 0.29) is 47.6 Å². The second-order valence-electron chi connectivity index (χ2n) is 15.4. The fraction of sp³-hybridized carbons (Fsp3) is 0.844. The van der Waals surface area contributed by atoms with E-state index in [4.69, 9.17) is 14.2 Å². The van der Waals surface area contributed by atoms with Crippen LogP contribution in [0.15, 0.2) is 11.8 Å². The normalized spacial score (nSPS) is 61.8. The molecule has 4 saturated carbocycles. The number of hydrogen-bond acceptors (Lipinski definition) is 9. The highest BCUT2D eigenvalue weighted by Gasteiger charge is 2.80. The molecule has 3 N–H and O–H groups in total. The highest BCUT2D eigenvalue weighted by atomic mass is 16.6. The number of ether oxygens (including phenoxy) is 3. The molecular formula is C32H44O9. The highest BCUT2D eigenvalue weighted by Crippen LogP contribution is 2.76. The molecule has 0 radical (unpaired) electrons. The van der Waals surface area contributed by atoms with Crippen LogP contribution in [0.3, 0.4) is 0 Å². The van der Waals surface area contributed by atoms with Gasteiger partial charge in [-0.05, 0) is 67.3 Å². The largest absolute Gasteiger partial charge is 0.459 e. The maximum Gasteiger partial charge on any atom is 0.343 e. The number of aliphatic hydroxyl groups is 3. The molecule has 2 unspecified atom stereocenters. The van der Waals surface area contributed by atoms with Gasteiger partial charge < -0.3 is 29.5 Å². The summed E-state index contributed by atoms with van der Waals surface area (Å²) in [6.07, 6.45) is -0.964. The maximum atomic E-state index is 14.1. The van der Waals surface area contributed by atoms with E-state index in [0.717, 1.165) is 0 Å². The first-order valence-electron chi connectivity index (χ1n) is 15.4. The summed E-state index contributed by atoms with van der Waals surface area (Å²) < 4.78 is 17.5. The van der Waals surface area contributed by atoms with Crippen molar-refractivity contribution in [3.05, 3.63) is 11.8 Å². The average Bonchev–Trinajstić information content (AvgIpc) is 3.58. The monoisotopic (exact) mass is 572 g/mol. The first kappa shape index (κ1) is 28.0. The van der Waals surface area contributed by atoms with Crippen molar-refractivity contribution in [2.45, 2.75) is 97.9 Å². The molecule has 5 aliphatic carbocycles. The Labute approximate surface area is 241 Å². The van der Waals surface area contributed by atoms with Gasteiger partial charge in [-0.2, -0.15) is 0 Å². The summed E-state index contributed by atoms with van der Waals surface area (Å²) in [7, 11) is 0. The highest BCUT2D eigenvalue weighted by molar-refractivity contribution is 5.88. The van der Waals surface area contributed by atoms with Gasteiger partial charge in [0.2, 0.25) is 0 Å². The summed E-state index contributed by atoms with van der Waals surface area (Å²) in [5.74, 6) is -3.62. The molecule has 0 amide bonds. The summed E-state index contributed by atoms with van der Waals surface area (Å²) >= 11 is 0. The molecule has 2 saturated heterocycles. The van der Waals surface area contributed by atoms with Crippen LogP contribution >= 0.6 is 0 Å². The standard InChI is InChI=1S/C32H44O9/c1-11-9-17-31(7,32(8,38)28(37)41-17)22-19(11)29(5)13(3)12(2)20-18(21(29)25(22)36)24(35)23(34)15-10-16-26(40-16)27(30(15,20)6)39-14(4)33/h9,11-13,15-16,18-22,24-27,35-36,38H,10H2,1-8H3/t11-,12?,13+,15-,16+,18-,19+,20?,21-,22+,24-,25-,26+,27+,29-,30+,31+,32-/m1/s1. The van der Waals surface area contributed by atoms with Crippen LogP contribution in [0.25, 0.3) is 0 Å². The third-order valence-electron chi connectivity index (χ3n) is 14.3. The molecule has 0 aromatic heterocycles. The number of carbonyl (C=O) groups is 3. The number of ketones is 1. The smallest absolute Gasteiger partial charge is 0.343 e. The van der Waals surface area contributed by atoms with E-state index in [1.807, 2.05) is 19.9 Å². The summed E-state index contributed by atoms with van der Waals surface area (Å²) in [5, 5.41) is 36.0. The number of hydrogen-bond donors (Lipinski definition) is 3. The lowest BCUT2D eigenvalue weighted by Gasteiger charge is -2.66. The van der Waals surface area contributed by atoms with Crippen LogP contribution in [0.5, 0.6) is 0 Å². The molecular weight excluding hydrogens is 528 g/mol. The van der Waals surface area contributed by atoms with E-state index in [2.05, 4.69) is 27.7 Å². The Balaban J connectivity index is 1.41. The summed E-state index contributed by atoms with van der Waals surface area (Å²) in [4.78, 5) is 39.4. The second kappa shape index (κ2) is 8.01. The van der Waals surface area contributed by atoms with Crippen LogP contribution < -0.4 is 0 Å². The van der Waals surface area contributed by atoms with Crippen molar-refractivity contribution in [3.63, 3.8) is 0 Å². The predicted octanol–water partition coefficient (Wildman–Crippen LogP) is 2.25. The Bertz CT molecular complexity index is 1270. The molecule has 0 spiro atoms. The van der Waals surface area contributed by atoms with Crippen molar-refractivity contribution in [3.8, 4) is 0 Å². The Hall–Kier alpha value is -1.81. The minimum atomic E-state index is -1.85. The number of rotatable bonds is 1. The predicted molar refractivity (Wildman–Crippen MR) is 143 cm³/mol. The Morgan fingerprint density at radius 1 is 1.00 bits per heavy atom. The van der Waals surface area contributed by atoms with Gasteiger partial charge in [-0.15, -0.1) is 0 Å². The minimum absolute atomic E-state index is 0.00293. The van der Waals surface area contributed by atoms with Gasteiger partial charge >= 0.3 is 11.9 Å². The molecule has 0 bridgehead atoms. The first-order valence-corrected chi connectivity index (χ1v) is 15.4. The number of epoxide rings is 1. The van der Waals surface area contributed by atoms with Crippen molar-refractivity contribution >= 4 is 17.7 Å². The third-order valence-corrected chi connectivity index (χ3v) is 14.3. The van der Waals surface area contributed by atoms with E-state index in [0.29, 0.717) is 12.2 Å². The molecule has 6 fully saturated rings. The maximum absolute atomic E-state index is 14.1. The Morgan fingerprint density at radius 3 is 2.29 bits per heavy atom. The Kier molecular flexibility index (Phi) is 5.47. The lowest BCUT2D eigenvalue weighted by molar-refractivity contribution is -0.233. The number of fused-ring (bicyclic) bond motifs is 10. The Morgan fingerprint density at radius 2 is 1.66 bits per heavy atom. The quantitative estimate of drug-likeness (QED) is 0.318. The summed E-state index contributed by atoms with van der Waals surface area (Å²) in [6, 6.07) is 0. The van der Waals surface area contributed by atoms with Crippen molar-refractivity contribution in [2.24, 2.45) is 69.5 Å². The zero-order chi connectivity index (χ0) is 29.9. The van der Waals surface area contributed by atoms with E-state index < -0.39 is 75.8 Å². The van der Waals surface area contributed by atoms with Crippen LogP contribution in [0.4, 0.5) is 0 Å². The molecule has 7 aliphatic rings. The number of esters is 2. The van der Waals surface area contributed by atoms with Crippen LogP contribution in [0, 0.1) is 69.5 Å². The molecule has 2 heterocycles. The third kappa shape index (κ3) is 2.91. The topological polar surface area (TPSA) is 143 Å². The first-order chi connectivity index (χ1) is 19.0. The van der Waals surface area contributed by atoms with Crippen molar-refractivity contribution in [2.75, 3.05) is 0 Å². The fourth-order valence-corrected chi connectivity index (χ4v) is 12.1. The van der Waals surface area contributed by atoms with Crippen molar-refractivity contribution in [1.82, 2.24) is 0 Å². The van der Waals surface area contributed by atoms with E-state index >= 15 is 0 Å². The van der Waals surface area contributed by atoms with Gasteiger partial charge in [0.05, 0.1) is 17.6 Å². The minimum Gasteiger partial charge on any atom is -0.459 e. The number of allylic oxidation sites excluding steroid dienone is 1. The molecule has 0 aromatic carbocycles. The number of aliphatic hydroxyl groups excluding tert-OH is 2. The lowest BCUT2D eigenvalue weighted by atomic mass is 9.38. The summed E-state index contributed by atoms with van der Waals surface area (Å²) in [5.41, 5.74) is -4.34.